The van der Waals surface area contributed by atoms with Gasteiger partial charge in [0.1, 0.15) is 0 Å². The first-order chi connectivity index (χ1) is 8.75. The molecule has 0 radical (unpaired) electrons. The van der Waals surface area contributed by atoms with Crippen molar-refractivity contribution in [2.75, 3.05) is 0 Å². The number of fused-ring (bicyclic) bond motifs is 1. The van der Waals surface area contributed by atoms with Crippen LogP contribution in [-0.4, -0.2) is 15.3 Å². The number of carbonyl (C=O) groups excluding carboxylic acids is 1. The highest BCUT2D eigenvalue weighted by Gasteiger charge is 2.22. The normalized spacial score (nSPS) is 17.2. The van der Waals surface area contributed by atoms with Crippen LogP contribution in [-0.2, 0) is 7.05 Å². The largest absolute Gasteiger partial charge is 0.334 e. The van der Waals surface area contributed by atoms with Crippen molar-refractivity contribution < 1.29 is 4.79 Å². The van der Waals surface area contributed by atoms with Gasteiger partial charge >= 0.3 is 0 Å². The number of carbonyl (C=O) groups is 1. The summed E-state index contributed by atoms with van der Waals surface area (Å²) >= 11 is 0. The Bertz CT molecular complexity index is 579. The molecule has 0 bridgehead atoms. The molecule has 2 aromatic rings. The van der Waals surface area contributed by atoms with Crippen LogP contribution < -0.4 is 0 Å². The van der Waals surface area contributed by atoms with Crippen LogP contribution in [0.15, 0.2) is 24.5 Å². The Balaban J connectivity index is 1.91. The molecule has 3 heteroatoms. The van der Waals surface area contributed by atoms with Crippen LogP contribution in [0.1, 0.15) is 42.5 Å². The Morgan fingerprint density at radius 2 is 2.06 bits per heavy atom. The molecular weight excluding hydrogens is 224 g/mol. The van der Waals surface area contributed by atoms with E-state index < -0.39 is 0 Å². The Morgan fingerprint density at radius 1 is 1.28 bits per heavy atom. The molecule has 0 aliphatic heterocycles. The average molecular weight is 242 g/mol. The molecule has 0 spiro atoms. The number of rotatable bonds is 2. The van der Waals surface area contributed by atoms with Crippen LogP contribution in [0, 0.1) is 5.92 Å². The molecule has 0 atom stereocenters. The minimum atomic E-state index is 0.236. The van der Waals surface area contributed by atoms with Gasteiger partial charge in [-0.2, -0.15) is 0 Å². The van der Waals surface area contributed by atoms with E-state index in [0.29, 0.717) is 5.78 Å². The number of ketones is 1. The zero-order valence-electron chi connectivity index (χ0n) is 10.7. The van der Waals surface area contributed by atoms with Gasteiger partial charge in [-0.15, -0.1) is 0 Å². The van der Waals surface area contributed by atoms with Gasteiger partial charge in [0, 0.05) is 18.5 Å². The third-order valence-electron chi connectivity index (χ3n) is 3.99. The van der Waals surface area contributed by atoms with Crippen molar-refractivity contribution in [3.63, 3.8) is 0 Å². The molecule has 18 heavy (non-hydrogen) atoms. The number of hydrogen-bond acceptors (Lipinski definition) is 2. The van der Waals surface area contributed by atoms with E-state index in [0.717, 1.165) is 29.4 Å². The summed E-state index contributed by atoms with van der Waals surface area (Å²) in [7, 11) is 1.97. The maximum Gasteiger partial charge on any atom is 0.166 e. The van der Waals surface area contributed by atoms with Crippen LogP contribution in [0.25, 0.3) is 11.0 Å². The molecule has 1 saturated carbocycles. The second kappa shape index (κ2) is 4.56. The van der Waals surface area contributed by atoms with E-state index in [4.69, 9.17) is 0 Å². The lowest BCUT2D eigenvalue weighted by Crippen LogP contribution is -2.17. The number of imidazole rings is 1. The average Bonchev–Trinajstić information content (AvgIpc) is 2.80. The SMILES string of the molecule is Cn1cnc2cc(C(=O)C3CCCCC3)ccc21. The zero-order chi connectivity index (χ0) is 12.5. The number of hydrogen-bond donors (Lipinski definition) is 0. The molecule has 0 amide bonds. The summed E-state index contributed by atoms with van der Waals surface area (Å²) in [5.41, 5.74) is 2.82. The van der Waals surface area contributed by atoms with E-state index in [2.05, 4.69) is 4.98 Å². The van der Waals surface area contributed by atoms with Crippen molar-refractivity contribution in [1.29, 1.82) is 0 Å². The highest BCUT2D eigenvalue weighted by Crippen LogP contribution is 2.27. The number of benzene rings is 1. The summed E-state index contributed by atoms with van der Waals surface area (Å²) in [4.78, 5) is 16.7. The maximum absolute atomic E-state index is 12.4. The smallest absolute Gasteiger partial charge is 0.166 e. The third-order valence-corrected chi connectivity index (χ3v) is 3.99. The standard InChI is InChI=1S/C15H18N2O/c1-17-10-16-13-9-12(7-8-14(13)17)15(18)11-5-3-2-4-6-11/h7-11H,2-6H2,1H3. The van der Waals surface area contributed by atoms with Gasteiger partial charge in [-0.1, -0.05) is 19.3 Å². The van der Waals surface area contributed by atoms with Crippen molar-refractivity contribution in [2.24, 2.45) is 13.0 Å². The number of Topliss-reactive ketones (excluding diaryl/α,β-unsaturated/α-hetero) is 1. The van der Waals surface area contributed by atoms with E-state index in [-0.39, 0.29) is 5.92 Å². The molecule has 3 nitrogen and oxygen atoms in total. The van der Waals surface area contributed by atoms with Crippen LogP contribution >= 0.6 is 0 Å². The molecule has 0 unspecified atom stereocenters. The predicted molar refractivity (Wildman–Crippen MR) is 71.6 cm³/mol. The summed E-state index contributed by atoms with van der Waals surface area (Å²) in [5, 5.41) is 0. The van der Waals surface area contributed by atoms with Crippen molar-refractivity contribution in [1.82, 2.24) is 9.55 Å². The van der Waals surface area contributed by atoms with Gasteiger partial charge in [-0.25, -0.2) is 4.98 Å². The molecular formula is C15H18N2O. The molecule has 1 heterocycles. The first-order valence-corrected chi connectivity index (χ1v) is 6.71. The van der Waals surface area contributed by atoms with E-state index in [1.807, 2.05) is 29.8 Å². The van der Waals surface area contributed by atoms with Gasteiger partial charge in [0.05, 0.1) is 17.4 Å². The summed E-state index contributed by atoms with van der Waals surface area (Å²) in [6.07, 6.45) is 7.57. The summed E-state index contributed by atoms with van der Waals surface area (Å²) in [5.74, 6) is 0.544. The van der Waals surface area contributed by atoms with Crippen molar-refractivity contribution in [3.8, 4) is 0 Å². The monoisotopic (exact) mass is 242 g/mol. The topological polar surface area (TPSA) is 34.9 Å². The lowest BCUT2D eigenvalue weighted by atomic mass is 9.84. The highest BCUT2D eigenvalue weighted by molar-refractivity contribution is 6.00. The van der Waals surface area contributed by atoms with E-state index in [1.165, 1.54) is 19.3 Å². The fourth-order valence-electron chi connectivity index (χ4n) is 2.89. The van der Waals surface area contributed by atoms with Crippen molar-refractivity contribution in [3.05, 3.63) is 30.1 Å². The minimum absolute atomic E-state index is 0.236. The molecule has 1 fully saturated rings. The Labute approximate surface area is 107 Å². The fraction of sp³-hybridized carbons (Fsp3) is 0.467. The molecule has 94 valence electrons. The van der Waals surface area contributed by atoms with Crippen LogP contribution in [0.5, 0.6) is 0 Å². The fourth-order valence-corrected chi connectivity index (χ4v) is 2.89. The molecule has 0 N–H and O–H groups in total. The summed E-state index contributed by atoms with van der Waals surface area (Å²) in [6, 6.07) is 5.88. The second-order valence-corrected chi connectivity index (χ2v) is 5.26. The molecule has 3 rings (SSSR count). The lowest BCUT2D eigenvalue weighted by molar-refractivity contribution is 0.0889. The second-order valence-electron chi connectivity index (χ2n) is 5.26. The molecule has 1 aliphatic rings. The van der Waals surface area contributed by atoms with Crippen molar-refractivity contribution >= 4 is 16.8 Å². The van der Waals surface area contributed by atoms with Gasteiger partial charge in [0.15, 0.2) is 5.78 Å². The Hall–Kier alpha value is -1.64. The van der Waals surface area contributed by atoms with Crippen LogP contribution in [0.3, 0.4) is 0 Å². The summed E-state index contributed by atoms with van der Waals surface area (Å²) in [6.45, 7) is 0. The highest BCUT2D eigenvalue weighted by atomic mass is 16.1. The lowest BCUT2D eigenvalue weighted by Gasteiger charge is -2.20. The number of aromatic nitrogens is 2. The van der Waals surface area contributed by atoms with Gasteiger partial charge in [-0.05, 0) is 31.0 Å². The minimum Gasteiger partial charge on any atom is -0.334 e. The van der Waals surface area contributed by atoms with E-state index in [9.17, 15) is 4.79 Å². The van der Waals surface area contributed by atoms with Gasteiger partial charge in [0.25, 0.3) is 0 Å². The van der Waals surface area contributed by atoms with Crippen LogP contribution in [0.2, 0.25) is 0 Å². The molecule has 1 aliphatic carbocycles. The maximum atomic E-state index is 12.4. The predicted octanol–water partition coefficient (Wildman–Crippen LogP) is 3.34. The number of nitrogens with zero attached hydrogens (tertiary/aromatic N) is 2. The summed E-state index contributed by atoms with van der Waals surface area (Å²) < 4.78 is 1.98. The van der Waals surface area contributed by atoms with E-state index >= 15 is 0 Å². The molecule has 1 aromatic carbocycles. The van der Waals surface area contributed by atoms with E-state index in [1.54, 1.807) is 6.33 Å². The quantitative estimate of drug-likeness (QED) is 0.757. The van der Waals surface area contributed by atoms with Gasteiger partial charge in [-0.3, -0.25) is 4.79 Å². The first-order valence-electron chi connectivity index (χ1n) is 6.71. The molecule has 0 saturated heterocycles. The molecule has 1 aromatic heterocycles. The van der Waals surface area contributed by atoms with Gasteiger partial charge in [0.2, 0.25) is 0 Å². The van der Waals surface area contributed by atoms with Gasteiger partial charge < -0.3 is 4.57 Å². The Morgan fingerprint density at radius 3 is 2.83 bits per heavy atom. The third kappa shape index (κ3) is 1.94. The van der Waals surface area contributed by atoms with Crippen molar-refractivity contribution in [2.45, 2.75) is 32.1 Å². The first kappa shape index (κ1) is 11.5. The zero-order valence-corrected chi connectivity index (χ0v) is 10.7. The Kier molecular flexibility index (Phi) is 2.90. The van der Waals surface area contributed by atoms with Crippen LogP contribution in [0.4, 0.5) is 0 Å². The number of aryl methyl sites for hydroxylation is 1.